The number of anilines is 2. The predicted octanol–water partition coefficient (Wildman–Crippen LogP) is 4.97. The molecule has 0 fully saturated rings. The summed E-state index contributed by atoms with van der Waals surface area (Å²) < 4.78 is 33.2. The molecule has 0 saturated carbocycles. The van der Waals surface area contributed by atoms with Crippen LogP contribution in [0.1, 0.15) is 5.56 Å². The Morgan fingerprint density at radius 2 is 1.47 bits per heavy atom. The zero-order valence-electron chi connectivity index (χ0n) is 17.4. The number of rotatable bonds is 7. The van der Waals surface area contributed by atoms with Gasteiger partial charge >= 0.3 is 0 Å². The number of aryl methyl sites for hydroxylation is 1. The minimum atomic E-state index is -3.72. The van der Waals surface area contributed by atoms with Crippen molar-refractivity contribution in [1.82, 2.24) is 0 Å². The van der Waals surface area contributed by atoms with Gasteiger partial charge in [-0.15, -0.1) is 0 Å². The standard InChI is InChI=1S/C25H22N2O4S/c1-18-6-9-22(10-7-18)27-32(29,30)24-14-11-21(12-15-24)26-25(28)17-31-23-13-8-19-4-2-3-5-20(19)16-23/h2-16,27H,17H2,1H3,(H,26,28). The first-order valence-electron chi connectivity index (χ1n) is 10.0. The highest BCUT2D eigenvalue weighted by atomic mass is 32.2. The molecule has 0 unspecified atom stereocenters. The molecule has 2 N–H and O–H groups in total. The van der Waals surface area contributed by atoms with E-state index in [1.807, 2.05) is 61.5 Å². The van der Waals surface area contributed by atoms with Crippen LogP contribution in [0.2, 0.25) is 0 Å². The first-order chi connectivity index (χ1) is 15.4. The fourth-order valence-electron chi connectivity index (χ4n) is 3.16. The van der Waals surface area contributed by atoms with Gasteiger partial charge in [-0.3, -0.25) is 9.52 Å². The Morgan fingerprint density at radius 3 is 2.19 bits per heavy atom. The fraction of sp³-hybridized carbons (Fsp3) is 0.0800. The summed E-state index contributed by atoms with van der Waals surface area (Å²) in [5.41, 5.74) is 2.00. The van der Waals surface area contributed by atoms with Gasteiger partial charge < -0.3 is 10.1 Å². The van der Waals surface area contributed by atoms with Crippen molar-refractivity contribution < 1.29 is 17.9 Å². The molecule has 1 amide bonds. The number of fused-ring (bicyclic) bond motifs is 1. The minimum Gasteiger partial charge on any atom is -0.484 e. The first kappa shape index (κ1) is 21.4. The monoisotopic (exact) mass is 446 g/mol. The van der Waals surface area contributed by atoms with E-state index < -0.39 is 10.0 Å². The molecule has 32 heavy (non-hydrogen) atoms. The van der Waals surface area contributed by atoms with Crippen LogP contribution in [0.3, 0.4) is 0 Å². The van der Waals surface area contributed by atoms with Crippen molar-refractivity contribution in [2.45, 2.75) is 11.8 Å². The van der Waals surface area contributed by atoms with Crippen LogP contribution in [0.5, 0.6) is 5.75 Å². The molecule has 0 aliphatic heterocycles. The number of hydrogen-bond donors (Lipinski definition) is 2. The predicted molar refractivity (Wildman–Crippen MR) is 127 cm³/mol. The van der Waals surface area contributed by atoms with Gasteiger partial charge in [0, 0.05) is 11.4 Å². The summed E-state index contributed by atoms with van der Waals surface area (Å²) in [7, 11) is -3.72. The highest BCUT2D eigenvalue weighted by Crippen LogP contribution is 2.21. The van der Waals surface area contributed by atoms with Gasteiger partial charge in [-0.2, -0.15) is 0 Å². The summed E-state index contributed by atoms with van der Waals surface area (Å²) in [5, 5.41) is 4.83. The molecule has 0 aromatic heterocycles. The van der Waals surface area contributed by atoms with Crippen LogP contribution in [-0.4, -0.2) is 20.9 Å². The minimum absolute atomic E-state index is 0.100. The van der Waals surface area contributed by atoms with Crippen LogP contribution in [0, 0.1) is 6.92 Å². The number of amides is 1. The van der Waals surface area contributed by atoms with E-state index in [0.29, 0.717) is 17.1 Å². The van der Waals surface area contributed by atoms with Crippen molar-refractivity contribution in [2.75, 3.05) is 16.6 Å². The van der Waals surface area contributed by atoms with Crippen LogP contribution in [0.25, 0.3) is 10.8 Å². The smallest absolute Gasteiger partial charge is 0.262 e. The van der Waals surface area contributed by atoms with Gasteiger partial charge in [-0.25, -0.2) is 8.42 Å². The number of ether oxygens (including phenoxy) is 1. The average Bonchev–Trinajstić information content (AvgIpc) is 2.79. The molecule has 4 aromatic rings. The summed E-state index contributed by atoms with van der Waals surface area (Å²) in [6, 6.07) is 26.6. The topological polar surface area (TPSA) is 84.5 Å². The Balaban J connectivity index is 1.35. The van der Waals surface area contributed by atoms with Crippen molar-refractivity contribution in [3.8, 4) is 5.75 Å². The van der Waals surface area contributed by atoms with Crippen molar-refractivity contribution in [3.05, 3.63) is 96.6 Å². The average molecular weight is 447 g/mol. The van der Waals surface area contributed by atoms with E-state index >= 15 is 0 Å². The van der Waals surface area contributed by atoms with E-state index in [9.17, 15) is 13.2 Å². The quantitative estimate of drug-likeness (QED) is 0.420. The lowest BCUT2D eigenvalue weighted by molar-refractivity contribution is -0.118. The summed E-state index contributed by atoms with van der Waals surface area (Å²) in [6.07, 6.45) is 0. The second-order valence-corrected chi connectivity index (χ2v) is 9.02. The summed E-state index contributed by atoms with van der Waals surface area (Å²) in [6.45, 7) is 1.77. The number of nitrogens with one attached hydrogen (secondary N) is 2. The molecule has 0 atom stereocenters. The van der Waals surface area contributed by atoms with Crippen molar-refractivity contribution >= 4 is 38.1 Å². The maximum atomic E-state index is 12.6. The molecule has 4 aromatic carbocycles. The molecular weight excluding hydrogens is 424 g/mol. The molecule has 0 aliphatic carbocycles. The number of benzene rings is 4. The van der Waals surface area contributed by atoms with Crippen molar-refractivity contribution in [2.24, 2.45) is 0 Å². The normalized spacial score (nSPS) is 11.2. The fourth-order valence-corrected chi connectivity index (χ4v) is 4.21. The molecule has 0 aliphatic rings. The van der Waals surface area contributed by atoms with Gasteiger partial charge in [0.2, 0.25) is 0 Å². The Labute approximate surface area is 186 Å². The van der Waals surface area contributed by atoms with E-state index in [1.165, 1.54) is 24.3 Å². The number of hydrogen-bond acceptors (Lipinski definition) is 4. The van der Waals surface area contributed by atoms with Crippen LogP contribution < -0.4 is 14.8 Å². The number of sulfonamides is 1. The number of carbonyl (C=O) groups excluding carboxylic acids is 1. The third kappa shape index (κ3) is 5.25. The Morgan fingerprint density at radius 1 is 0.812 bits per heavy atom. The van der Waals surface area contributed by atoms with Crippen LogP contribution >= 0.6 is 0 Å². The maximum absolute atomic E-state index is 12.6. The lowest BCUT2D eigenvalue weighted by atomic mass is 10.1. The van der Waals surface area contributed by atoms with E-state index in [2.05, 4.69) is 10.0 Å². The summed E-state index contributed by atoms with van der Waals surface area (Å²) in [5.74, 6) is 0.258. The third-order valence-corrected chi connectivity index (χ3v) is 6.24. The van der Waals surface area contributed by atoms with Gasteiger partial charge in [0.15, 0.2) is 6.61 Å². The molecule has 6 nitrogen and oxygen atoms in total. The van der Waals surface area contributed by atoms with Crippen LogP contribution in [0.4, 0.5) is 11.4 Å². The zero-order valence-corrected chi connectivity index (χ0v) is 18.2. The number of carbonyl (C=O) groups is 1. The first-order valence-corrected chi connectivity index (χ1v) is 11.5. The Kier molecular flexibility index (Phi) is 6.09. The second kappa shape index (κ2) is 9.11. The highest BCUT2D eigenvalue weighted by Gasteiger charge is 2.14. The second-order valence-electron chi connectivity index (χ2n) is 7.34. The maximum Gasteiger partial charge on any atom is 0.262 e. The molecule has 162 valence electrons. The molecule has 0 heterocycles. The molecule has 0 saturated heterocycles. The zero-order chi connectivity index (χ0) is 22.6. The van der Waals surface area contributed by atoms with Crippen molar-refractivity contribution in [1.29, 1.82) is 0 Å². The van der Waals surface area contributed by atoms with E-state index in [0.717, 1.165) is 16.3 Å². The highest BCUT2D eigenvalue weighted by molar-refractivity contribution is 7.92. The van der Waals surface area contributed by atoms with E-state index in [4.69, 9.17) is 4.74 Å². The van der Waals surface area contributed by atoms with Gasteiger partial charge in [0.25, 0.3) is 15.9 Å². The van der Waals surface area contributed by atoms with E-state index in [-0.39, 0.29) is 17.4 Å². The van der Waals surface area contributed by atoms with Gasteiger partial charge in [0.1, 0.15) is 5.75 Å². The SMILES string of the molecule is Cc1ccc(NS(=O)(=O)c2ccc(NC(=O)COc3ccc4ccccc4c3)cc2)cc1. The lowest BCUT2D eigenvalue weighted by Crippen LogP contribution is -2.20. The van der Waals surface area contributed by atoms with Gasteiger partial charge in [-0.05, 0) is 66.2 Å². The van der Waals surface area contributed by atoms with E-state index in [1.54, 1.807) is 12.1 Å². The Hall–Kier alpha value is -3.84. The Bertz CT molecular complexity index is 1350. The van der Waals surface area contributed by atoms with Crippen molar-refractivity contribution in [3.63, 3.8) is 0 Å². The molecule has 0 radical (unpaired) electrons. The third-order valence-electron chi connectivity index (χ3n) is 4.84. The molecule has 4 rings (SSSR count). The molecule has 7 heteroatoms. The van der Waals surface area contributed by atoms with Crippen LogP contribution in [0.15, 0.2) is 95.9 Å². The molecule has 0 spiro atoms. The molecular formula is C25H22N2O4S. The van der Waals surface area contributed by atoms with Gasteiger partial charge in [0.05, 0.1) is 4.90 Å². The van der Waals surface area contributed by atoms with Crippen LogP contribution in [-0.2, 0) is 14.8 Å². The van der Waals surface area contributed by atoms with Gasteiger partial charge in [-0.1, -0.05) is 48.0 Å². The summed E-state index contributed by atoms with van der Waals surface area (Å²) in [4.78, 5) is 12.3. The lowest BCUT2D eigenvalue weighted by Gasteiger charge is -2.10. The molecule has 0 bridgehead atoms. The summed E-state index contributed by atoms with van der Waals surface area (Å²) >= 11 is 0. The largest absolute Gasteiger partial charge is 0.484 e.